The van der Waals surface area contributed by atoms with Gasteiger partial charge in [-0.25, -0.2) is 4.79 Å². The summed E-state index contributed by atoms with van der Waals surface area (Å²) in [4.78, 5) is 28.1. The monoisotopic (exact) mass is 278 g/mol. The van der Waals surface area contributed by atoms with Crippen LogP contribution in [-0.4, -0.2) is 53.7 Å². The van der Waals surface area contributed by atoms with Crippen molar-refractivity contribution >= 4 is 18.0 Å². The smallest absolute Gasteiger partial charge is 0.328 e. The zero-order valence-corrected chi connectivity index (χ0v) is 11.7. The zero-order chi connectivity index (χ0) is 15.1. The van der Waals surface area contributed by atoms with Crippen LogP contribution in [0.1, 0.15) is 23.0 Å². The number of hydrogen-bond donors (Lipinski definition) is 1. The van der Waals surface area contributed by atoms with Crippen molar-refractivity contribution in [2.75, 3.05) is 20.8 Å². The van der Waals surface area contributed by atoms with Crippen LogP contribution >= 0.6 is 0 Å². The number of rotatable bonds is 6. The molecule has 108 valence electrons. The third kappa shape index (κ3) is 4.47. The van der Waals surface area contributed by atoms with Crippen LogP contribution in [0.5, 0.6) is 0 Å². The summed E-state index contributed by atoms with van der Waals surface area (Å²) < 4.78 is 5.01. The highest BCUT2D eigenvalue weighted by atomic mass is 16.5. The van der Waals surface area contributed by atoms with Crippen LogP contribution in [0, 0.1) is 0 Å². The van der Waals surface area contributed by atoms with Crippen LogP contribution < -0.4 is 0 Å². The maximum absolute atomic E-state index is 12.1. The summed E-state index contributed by atoms with van der Waals surface area (Å²) in [6.07, 6.45) is 3.90. The minimum absolute atomic E-state index is 0.0547. The Morgan fingerprint density at radius 1 is 1.50 bits per heavy atom. The summed E-state index contributed by atoms with van der Waals surface area (Å²) in [5.74, 6) is -1.23. The number of carboxylic acid groups (broad SMARTS) is 1. The van der Waals surface area contributed by atoms with E-state index in [0.29, 0.717) is 17.9 Å². The first-order chi connectivity index (χ1) is 9.45. The SMILES string of the molecule is COCC(C)N(C)C(=O)c1ccc(C=CC(=O)O)cn1. The predicted molar refractivity (Wildman–Crippen MR) is 74.3 cm³/mol. The van der Waals surface area contributed by atoms with Gasteiger partial charge in [0.25, 0.3) is 5.91 Å². The van der Waals surface area contributed by atoms with Crippen molar-refractivity contribution in [2.24, 2.45) is 0 Å². The molecule has 1 rings (SSSR count). The number of nitrogens with zero attached hydrogens (tertiary/aromatic N) is 2. The molecule has 6 heteroatoms. The number of pyridine rings is 1. The van der Waals surface area contributed by atoms with Gasteiger partial charge in [0.05, 0.1) is 12.6 Å². The van der Waals surface area contributed by atoms with Gasteiger partial charge in [-0.1, -0.05) is 6.07 Å². The Labute approximate surface area is 117 Å². The number of hydrogen-bond acceptors (Lipinski definition) is 4. The number of amides is 1. The number of aliphatic carboxylic acids is 1. The summed E-state index contributed by atoms with van der Waals surface area (Å²) in [6, 6.07) is 3.16. The van der Waals surface area contributed by atoms with Gasteiger partial charge in [0, 0.05) is 26.4 Å². The minimum atomic E-state index is -1.03. The van der Waals surface area contributed by atoms with Gasteiger partial charge in [0.15, 0.2) is 0 Å². The van der Waals surface area contributed by atoms with Crippen molar-refractivity contribution in [1.29, 1.82) is 0 Å². The van der Waals surface area contributed by atoms with Crippen LogP contribution in [0.2, 0.25) is 0 Å². The second-order valence-corrected chi connectivity index (χ2v) is 4.37. The Morgan fingerprint density at radius 3 is 2.70 bits per heavy atom. The maximum Gasteiger partial charge on any atom is 0.328 e. The lowest BCUT2D eigenvalue weighted by molar-refractivity contribution is -0.131. The molecule has 0 bridgehead atoms. The minimum Gasteiger partial charge on any atom is -0.478 e. The number of likely N-dealkylation sites (N-methyl/N-ethyl adjacent to an activating group) is 1. The van der Waals surface area contributed by atoms with E-state index < -0.39 is 5.97 Å². The van der Waals surface area contributed by atoms with E-state index >= 15 is 0 Å². The molecule has 20 heavy (non-hydrogen) atoms. The van der Waals surface area contributed by atoms with E-state index in [1.807, 2.05) is 6.92 Å². The lowest BCUT2D eigenvalue weighted by Crippen LogP contribution is -2.38. The number of aromatic nitrogens is 1. The summed E-state index contributed by atoms with van der Waals surface area (Å²) >= 11 is 0. The third-order valence-electron chi connectivity index (χ3n) is 2.81. The fourth-order valence-electron chi connectivity index (χ4n) is 1.53. The molecule has 0 aliphatic heterocycles. The van der Waals surface area contributed by atoms with Gasteiger partial charge < -0.3 is 14.7 Å². The third-order valence-corrected chi connectivity index (χ3v) is 2.81. The Morgan fingerprint density at radius 2 is 2.20 bits per heavy atom. The average Bonchev–Trinajstić information content (AvgIpc) is 2.44. The first kappa shape index (κ1) is 15.8. The van der Waals surface area contributed by atoms with Gasteiger partial charge in [-0.2, -0.15) is 0 Å². The Kier molecular flexibility index (Phi) is 5.86. The van der Waals surface area contributed by atoms with E-state index in [-0.39, 0.29) is 11.9 Å². The second-order valence-electron chi connectivity index (χ2n) is 4.37. The van der Waals surface area contributed by atoms with E-state index in [1.165, 1.54) is 12.3 Å². The summed E-state index contributed by atoms with van der Waals surface area (Å²) in [5, 5.41) is 8.52. The highest BCUT2D eigenvalue weighted by molar-refractivity contribution is 5.92. The molecule has 0 saturated heterocycles. The van der Waals surface area contributed by atoms with Crippen LogP contribution in [-0.2, 0) is 9.53 Å². The van der Waals surface area contributed by atoms with Crippen molar-refractivity contribution in [1.82, 2.24) is 9.88 Å². The molecule has 1 heterocycles. The van der Waals surface area contributed by atoms with E-state index in [0.717, 1.165) is 6.08 Å². The molecule has 1 N–H and O–H groups in total. The molecule has 1 unspecified atom stereocenters. The van der Waals surface area contributed by atoms with Crippen molar-refractivity contribution < 1.29 is 19.4 Å². The van der Waals surface area contributed by atoms with E-state index in [4.69, 9.17) is 9.84 Å². The van der Waals surface area contributed by atoms with Crippen LogP contribution in [0.3, 0.4) is 0 Å². The quantitative estimate of drug-likeness (QED) is 0.793. The van der Waals surface area contributed by atoms with Gasteiger partial charge >= 0.3 is 5.97 Å². The van der Waals surface area contributed by atoms with Crippen LogP contribution in [0.15, 0.2) is 24.4 Å². The Hall–Kier alpha value is -2.21. The number of carboxylic acids is 1. The molecule has 0 fully saturated rings. The lowest BCUT2D eigenvalue weighted by atomic mass is 10.2. The van der Waals surface area contributed by atoms with Crippen molar-refractivity contribution in [3.63, 3.8) is 0 Å². The molecule has 1 atom stereocenters. The fourth-order valence-corrected chi connectivity index (χ4v) is 1.53. The topological polar surface area (TPSA) is 79.7 Å². The number of carbonyl (C=O) groups is 2. The average molecular weight is 278 g/mol. The first-order valence-corrected chi connectivity index (χ1v) is 6.09. The molecule has 1 aromatic rings. The molecule has 0 aromatic carbocycles. The molecule has 0 spiro atoms. The standard InChI is InChI=1S/C14H18N2O4/c1-10(9-20-3)16(2)14(19)12-6-4-11(8-15-12)5-7-13(17)18/h4-8,10H,9H2,1-3H3,(H,17,18). The molecule has 6 nitrogen and oxygen atoms in total. The highest BCUT2D eigenvalue weighted by Crippen LogP contribution is 2.07. The molecule has 1 aromatic heterocycles. The molecule has 1 amide bonds. The van der Waals surface area contributed by atoms with Crippen LogP contribution in [0.4, 0.5) is 0 Å². The summed E-state index contributed by atoms with van der Waals surface area (Å²) in [6.45, 7) is 2.33. The molecule has 0 aliphatic carbocycles. The van der Waals surface area contributed by atoms with Gasteiger partial charge in [-0.15, -0.1) is 0 Å². The van der Waals surface area contributed by atoms with Gasteiger partial charge in [-0.05, 0) is 24.6 Å². The highest BCUT2D eigenvalue weighted by Gasteiger charge is 2.18. The molecule has 0 saturated carbocycles. The van der Waals surface area contributed by atoms with Gasteiger partial charge in [0.1, 0.15) is 5.69 Å². The molecule has 0 aliphatic rings. The van der Waals surface area contributed by atoms with Crippen molar-refractivity contribution in [3.05, 3.63) is 35.7 Å². The van der Waals surface area contributed by atoms with Crippen molar-refractivity contribution in [3.8, 4) is 0 Å². The first-order valence-electron chi connectivity index (χ1n) is 6.09. The Balaban J connectivity index is 2.77. The van der Waals surface area contributed by atoms with Crippen molar-refractivity contribution in [2.45, 2.75) is 13.0 Å². The Bertz CT molecular complexity index is 496. The van der Waals surface area contributed by atoms with Crippen LogP contribution in [0.25, 0.3) is 6.08 Å². The summed E-state index contributed by atoms with van der Waals surface area (Å²) in [5.41, 5.74) is 0.930. The summed E-state index contributed by atoms with van der Waals surface area (Å²) in [7, 11) is 3.27. The zero-order valence-electron chi connectivity index (χ0n) is 11.7. The largest absolute Gasteiger partial charge is 0.478 e. The fraction of sp³-hybridized carbons (Fsp3) is 0.357. The predicted octanol–water partition coefficient (Wildman–Crippen LogP) is 1.29. The number of ether oxygens (including phenoxy) is 1. The lowest BCUT2D eigenvalue weighted by Gasteiger charge is -2.23. The normalized spacial score (nSPS) is 12.3. The second kappa shape index (κ2) is 7.40. The van der Waals surface area contributed by atoms with E-state index in [9.17, 15) is 9.59 Å². The number of methoxy groups -OCH3 is 1. The molecule has 0 radical (unpaired) electrons. The van der Waals surface area contributed by atoms with E-state index in [1.54, 1.807) is 31.2 Å². The molecular formula is C14H18N2O4. The van der Waals surface area contributed by atoms with E-state index in [2.05, 4.69) is 4.98 Å². The maximum atomic E-state index is 12.1. The number of carbonyl (C=O) groups excluding carboxylic acids is 1. The van der Waals surface area contributed by atoms with Gasteiger partial charge in [0.2, 0.25) is 0 Å². The van der Waals surface area contributed by atoms with Gasteiger partial charge in [-0.3, -0.25) is 9.78 Å². The molecular weight excluding hydrogens is 260 g/mol.